The predicted molar refractivity (Wildman–Crippen MR) is 130 cm³/mol. The van der Waals surface area contributed by atoms with Crippen LogP contribution in [0.15, 0.2) is 30.9 Å². The third-order valence-electron chi connectivity index (χ3n) is 5.50. The van der Waals surface area contributed by atoms with Crippen molar-refractivity contribution in [1.82, 2.24) is 33.4 Å². The van der Waals surface area contributed by atoms with Gasteiger partial charge in [-0.2, -0.15) is 9.47 Å². The summed E-state index contributed by atoms with van der Waals surface area (Å²) in [5.74, 6) is 0.748. The Labute approximate surface area is 193 Å². The van der Waals surface area contributed by atoms with E-state index in [0.717, 1.165) is 52.2 Å². The lowest BCUT2D eigenvalue weighted by atomic mass is 10.1. The number of hydrogen-bond donors (Lipinski definition) is 1. The van der Waals surface area contributed by atoms with Crippen molar-refractivity contribution in [2.45, 2.75) is 60.0 Å². The molecule has 170 valence electrons. The van der Waals surface area contributed by atoms with Crippen molar-refractivity contribution in [2.24, 2.45) is 0 Å². The van der Waals surface area contributed by atoms with Crippen LogP contribution in [0.5, 0.6) is 0 Å². The highest BCUT2D eigenvalue weighted by Gasteiger charge is 2.16. The summed E-state index contributed by atoms with van der Waals surface area (Å²) in [5.41, 5.74) is 4.89. The second kappa shape index (κ2) is 10.2. The first-order chi connectivity index (χ1) is 15.7. The van der Waals surface area contributed by atoms with E-state index in [0.29, 0.717) is 0 Å². The van der Waals surface area contributed by atoms with E-state index in [1.54, 1.807) is 0 Å². The predicted octanol–water partition coefficient (Wildman–Crippen LogP) is 5.13. The Kier molecular flexibility index (Phi) is 7.16. The molecule has 0 unspecified atom stereocenters. The molecule has 0 saturated carbocycles. The van der Waals surface area contributed by atoms with Crippen LogP contribution in [0.1, 0.15) is 51.4 Å². The average molecular weight is 453 g/mol. The SMILES string of the molecule is CC.CCn1cc(-c2cnc3c(Nc4cc(CN5CCCCC5)ns4)nc(C)cn23)cn1. The molecule has 1 aliphatic rings. The summed E-state index contributed by atoms with van der Waals surface area (Å²) in [6.45, 7) is 12.2. The second-order valence-corrected chi connectivity index (χ2v) is 8.60. The first kappa shape index (κ1) is 22.4. The molecular weight excluding hydrogens is 420 g/mol. The van der Waals surface area contributed by atoms with Gasteiger partial charge in [-0.3, -0.25) is 14.0 Å². The van der Waals surface area contributed by atoms with Gasteiger partial charge in [-0.1, -0.05) is 20.3 Å². The van der Waals surface area contributed by atoms with Crippen LogP contribution in [-0.2, 0) is 13.1 Å². The quantitative estimate of drug-likeness (QED) is 0.437. The van der Waals surface area contributed by atoms with E-state index in [4.69, 9.17) is 4.98 Å². The molecule has 0 bridgehead atoms. The van der Waals surface area contributed by atoms with E-state index < -0.39 is 0 Å². The molecule has 1 N–H and O–H groups in total. The third-order valence-corrected chi connectivity index (χ3v) is 6.24. The molecule has 0 spiro atoms. The van der Waals surface area contributed by atoms with Gasteiger partial charge in [0.2, 0.25) is 0 Å². The molecule has 9 heteroatoms. The van der Waals surface area contributed by atoms with Crippen molar-refractivity contribution in [2.75, 3.05) is 18.4 Å². The largest absolute Gasteiger partial charge is 0.328 e. The highest BCUT2D eigenvalue weighted by atomic mass is 32.1. The lowest BCUT2D eigenvalue weighted by molar-refractivity contribution is 0.219. The van der Waals surface area contributed by atoms with Crippen LogP contribution in [-0.4, -0.2) is 46.5 Å². The van der Waals surface area contributed by atoms with Gasteiger partial charge in [0, 0.05) is 31.0 Å². The summed E-state index contributed by atoms with van der Waals surface area (Å²) in [6.07, 6.45) is 11.8. The minimum Gasteiger partial charge on any atom is -0.328 e. The second-order valence-electron chi connectivity index (χ2n) is 7.80. The average Bonchev–Trinajstić information content (AvgIpc) is 3.55. The zero-order chi connectivity index (χ0) is 22.5. The van der Waals surface area contributed by atoms with Crippen LogP contribution < -0.4 is 5.32 Å². The molecule has 5 heterocycles. The van der Waals surface area contributed by atoms with E-state index in [1.807, 2.05) is 50.2 Å². The molecule has 5 rings (SSSR count). The highest BCUT2D eigenvalue weighted by Crippen LogP contribution is 2.28. The van der Waals surface area contributed by atoms with Gasteiger partial charge in [-0.05, 0) is 57.4 Å². The van der Waals surface area contributed by atoms with Gasteiger partial charge in [0.15, 0.2) is 11.5 Å². The number of fused-ring (bicyclic) bond motifs is 1. The fraction of sp³-hybridized carbons (Fsp3) is 0.478. The molecular formula is C23H32N8S. The van der Waals surface area contributed by atoms with Crippen molar-refractivity contribution < 1.29 is 0 Å². The number of aryl methyl sites for hydroxylation is 2. The fourth-order valence-electron chi connectivity index (χ4n) is 3.98. The van der Waals surface area contributed by atoms with Crippen molar-refractivity contribution in [3.63, 3.8) is 0 Å². The fourth-order valence-corrected chi connectivity index (χ4v) is 4.64. The Morgan fingerprint density at radius 1 is 1.09 bits per heavy atom. The molecule has 0 radical (unpaired) electrons. The number of likely N-dealkylation sites (tertiary alicyclic amines) is 1. The zero-order valence-electron chi connectivity index (χ0n) is 19.4. The summed E-state index contributed by atoms with van der Waals surface area (Å²) in [6, 6.07) is 2.13. The molecule has 0 amide bonds. The van der Waals surface area contributed by atoms with Crippen molar-refractivity contribution in [3.8, 4) is 11.3 Å². The van der Waals surface area contributed by atoms with E-state index >= 15 is 0 Å². The van der Waals surface area contributed by atoms with Gasteiger partial charge in [0.1, 0.15) is 5.00 Å². The number of aromatic nitrogens is 6. The molecule has 0 aliphatic carbocycles. The Hall–Kier alpha value is -2.78. The minimum atomic E-state index is 0.748. The van der Waals surface area contributed by atoms with Gasteiger partial charge in [-0.25, -0.2) is 9.97 Å². The lowest BCUT2D eigenvalue weighted by Crippen LogP contribution is -2.29. The van der Waals surface area contributed by atoms with Crippen LogP contribution in [0, 0.1) is 6.92 Å². The highest BCUT2D eigenvalue weighted by molar-refractivity contribution is 7.10. The Morgan fingerprint density at radius 3 is 2.66 bits per heavy atom. The first-order valence-corrected chi connectivity index (χ1v) is 12.3. The van der Waals surface area contributed by atoms with Crippen molar-refractivity contribution >= 4 is 28.0 Å². The topological polar surface area (TPSA) is 76.2 Å². The van der Waals surface area contributed by atoms with Crippen LogP contribution in [0.3, 0.4) is 0 Å². The van der Waals surface area contributed by atoms with E-state index in [9.17, 15) is 0 Å². The summed E-state index contributed by atoms with van der Waals surface area (Å²) in [5, 5.41) is 8.83. The van der Waals surface area contributed by atoms with E-state index in [-0.39, 0.29) is 0 Å². The molecule has 1 fully saturated rings. The molecule has 32 heavy (non-hydrogen) atoms. The Bertz CT molecular complexity index is 1150. The summed E-state index contributed by atoms with van der Waals surface area (Å²) in [7, 11) is 0. The molecule has 0 atom stereocenters. The number of piperidine rings is 1. The van der Waals surface area contributed by atoms with E-state index in [1.165, 1.54) is 43.9 Å². The normalized spacial score (nSPS) is 14.4. The third kappa shape index (κ3) is 4.83. The Morgan fingerprint density at radius 2 is 1.91 bits per heavy atom. The molecule has 0 aromatic carbocycles. The van der Waals surface area contributed by atoms with Crippen molar-refractivity contribution in [1.29, 1.82) is 0 Å². The lowest BCUT2D eigenvalue weighted by Gasteiger charge is -2.25. The number of nitrogens with zero attached hydrogens (tertiary/aromatic N) is 7. The van der Waals surface area contributed by atoms with Gasteiger partial charge in [0.05, 0.1) is 29.5 Å². The van der Waals surface area contributed by atoms with Gasteiger partial charge >= 0.3 is 0 Å². The number of nitrogens with one attached hydrogen (secondary N) is 1. The maximum Gasteiger partial charge on any atom is 0.180 e. The maximum absolute atomic E-state index is 4.70. The van der Waals surface area contributed by atoms with E-state index in [2.05, 4.69) is 42.1 Å². The van der Waals surface area contributed by atoms with Gasteiger partial charge in [-0.15, -0.1) is 0 Å². The van der Waals surface area contributed by atoms with Crippen LogP contribution in [0.4, 0.5) is 10.8 Å². The molecule has 4 aromatic rings. The molecule has 4 aromatic heterocycles. The number of anilines is 2. The smallest absolute Gasteiger partial charge is 0.180 e. The monoisotopic (exact) mass is 452 g/mol. The van der Waals surface area contributed by atoms with Gasteiger partial charge < -0.3 is 5.32 Å². The molecule has 8 nitrogen and oxygen atoms in total. The number of hydrogen-bond acceptors (Lipinski definition) is 7. The first-order valence-electron chi connectivity index (χ1n) is 11.5. The standard InChI is InChI=1S/C21H26N8S.C2H6/c1-3-28-13-16(10-23-28)18-11-22-21-20(24-15(2)12-29(18)21)25-19-9-17(26-30-19)14-27-7-5-4-6-8-27;1-2/h9-13H,3-8,14H2,1-2H3,(H,24,25);1-2H3. The summed E-state index contributed by atoms with van der Waals surface area (Å²) in [4.78, 5) is 11.8. The van der Waals surface area contributed by atoms with Crippen LogP contribution >= 0.6 is 11.5 Å². The van der Waals surface area contributed by atoms with Gasteiger partial charge in [0.25, 0.3) is 0 Å². The van der Waals surface area contributed by atoms with Crippen LogP contribution in [0.2, 0.25) is 0 Å². The zero-order valence-corrected chi connectivity index (χ0v) is 20.2. The molecule has 1 saturated heterocycles. The summed E-state index contributed by atoms with van der Waals surface area (Å²) < 4.78 is 8.65. The minimum absolute atomic E-state index is 0.748. The molecule has 1 aliphatic heterocycles. The number of imidazole rings is 1. The van der Waals surface area contributed by atoms with Crippen LogP contribution in [0.25, 0.3) is 16.9 Å². The maximum atomic E-state index is 4.70. The summed E-state index contributed by atoms with van der Waals surface area (Å²) >= 11 is 1.48. The van der Waals surface area contributed by atoms with Crippen molar-refractivity contribution in [3.05, 3.63) is 42.2 Å². The number of rotatable bonds is 6. The Balaban J connectivity index is 0.00000119.